The van der Waals surface area contributed by atoms with Crippen LogP contribution in [0.2, 0.25) is 0 Å². The highest BCUT2D eigenvalue weighted by Gasteiger charge is 2.42. The van der Waals surface area contributed by atoms with Gasteiger partial charge in [-0.05, 0) is 86.7 Å². The molecule has 3 atom stereocenters. The van der Waals surface area contributed by atoms with Crippen LogP contribution in [0.25, 0.3) is 10.9 Å². The number of nitrogens with one attached hydrogen (secondary N) is 1. The number of aromatic nitrogens is 2. The van der Waals surface area contributed by atoms with E-state index in [4.69, 9.17) is 9.47 Å². The van der Waals surface area contributed by atoms with E-state index in [1.807, 2.05) is 0 Å². The number of carbonyl (C=O) groups is 1. The van der Waals surface area contributed by atoms with Crippen molar-refractivity contribution in [1.82, 2.24) is 14.9 Å². The third kappa shape index (κ3) is 4.89. The van der Waals surface area contributed by atoms with Gasteiger partial charge in [-0.2, -0.15) is 13.2 Å². The molecule has 2 aliphatic heterocycles. The largest absolute Gasteiger partial charge is 0.464 e. The molecular weight excluding hydrogens is 527 g/mol. The zero-order valence-corrected chi connectivity index (χ0v) is 23.1. The maximum atomic E-state index is 13.5. The van der Waals surface area contributed by atoms with Crippen molar-refractivity contribution in [3.8, 4) is 0 Å². The van der Waals surface area contributed by atoms with Gasteiger partial charge in [0.2, 0.25) is 0 Å². The predicted octanol–water partition coefficient (Wildman–Crippen LogP) is 6.17. The van der Waals surface area contributed by atoms with Gasteiger partial charge in [0.25, 0.3) is 0 Å². The molecule has 6 rings (SSSR count). The number of carbonyl (C=O) groups excluding carboxylic acids is 1. The number of likely N-dealkylation sites (tertiary alicyclic amines) is 1. The van der Waals surface area contributed by atoms with E-state index in [0.717, 1.165) is 73.5 Å². The van der Waals surface area contributed by atoms with Crippen molar-refractivity contribution in [3.63, 3.8) is 0 Å². The highest BCUT2D eigenvalue weighted by molar-refractivity contribution is 7.10. The van der Waals surface area contributed by atoms with Crippen LogP contribution < -0.4 is 0 Å². The molecule has 1 aliphatic carbocycles. The predicted molar refractivity (Wildman–Crippen MR) is 143 cm³/mol. The highest BCUT2D eigenvalue weighted by Crippen LogP contribution is 2.47. The molecule has 0 saturated carbocycles. The molecule has 2 aromatic heterocycles. The van der Waals surface area contributed by atoms with Crippen molar-refractivity contribution >= 4 is 28.2 Å². The summed E-state index contributed by atoms with van der Waals surface area (Å²) in [5.74, 6) is 0.693. The molecule has 3 aliphatic rings. The Kier molecular flexibility index (Phi) is 7.00. The van der Waals surface area contributed by atoms with Gasteiger partial charge in [0, 0.05) is 47.2 Å². The van der Waals surface area contributed by atoms with Crippen molar-refractivity contribution in [2.75, 3.05) is 40.0 Å². The van der Waals surface area contributed by atoms with Crippen LogP contribution in [-0.4, -0.2) is 60.8 Å². The number of H-pyrrole nitrogens is 1. The summed E-state index contributed by atoms with van der Waals surface area (Å²) in [6.07, 6.45) is 0.302. The molecule has 1 aromatic carbocycles. The van der Waals surface area contributed by atoms with Crippen LogP contribution in [0, 0.1) is 11.8 Å². The van der Waals surface area contributed by atoms with Gasteiger partial charge in [-0.15, -0.1) is 11.3 Å². The van der Waals surface area contributed by atoms with E-state index in [0.29, 0.717) is 36.1 Å². The standard InChI is InChI=1S/C29H34F3N3O3S/c1-17-21-15-35(10-6-28(7-11-38-12-8-28)27-34-24(16-39-27)26(36)37-2)9-5-18(21)13-23-25(17)20-14-19(29(30,31)32)3-4-22(20)33-23/h3-4,14,16-18,21,33H,5-13,15H2,1-2H3/t17-,18-,21?/m1/s1. The van der Waals surface area contributed by atoms with E-state index in [2.05, 4.69) is 21.8 Å². The first kappa shape index (κ1) is 26.8. The fourth-order valence-corrected chi connectivity index (χ4v) is 8.23. The van der Waals surface area contributed by atoms with Crippen molar-refractivity contribution in [3.05, 3.63) is 51.1 Å². The fourth-order valence-electron chi connectivity index (χ4n) is 7.15. The number of rotatable bonds is 5. The molecule has 210 valence electrons. The topological polar surface area (TPSA) is 67.5 Å². The molecule has 0 radical (unpaired) electrons. The quantitative estimate of drug-likeness (QED) is 0.378. The molecule has 4 heterocycles. The molecule has 1 N–H and O–H groups in total. The van der Waals surface area contributed by atoms with Gasteiger partial charge in [-0.3, -0.25) is 0 Å². The minimum Gasteiger partial charge on any atom is -0.464 e. The number of nitrogens with zero attached hydrogens (tertiary/aromatic N) is 2. The summed E-state index contributed by atoms with van der Waals surface area (Å²) in [6, 6.07) is 4.08. The van der Waals surface area contributed by atoms with Gasteiger partial charge < -0.3 is 19.4 Å². The molecular formula is C29H34F3N3O3S. The molecule has 1 unspecified atom stereocenters. The molecule has 10 heteroatoms. The second-order valence-electron chi connectivity index (χ2n) is 11.5. The number of piperidine rings is 1. The second kappa shape index (κ2) is 10.2. The number of hydrogen-bond donors (Lipinski definition) is 1. The van der Waals surface area contributed by atoms with Crippen molar-refractivity contribution < 1.29 is 27.4 Å². The lowest BCUT2D eigenvalue weighted by atomic mass is 9.68. The normalized spacial score (nSPS) is 25.3. The van der Waals surface area contributed by atoms with Crippen LogP contribution in [0.1, 0.15) is 70.8 Å². The highest BCUT2D eigenvalue weighted by atomic mass is 32.1. The number of hydrogen-bond acceptors (Lipinski definition) is 6. The summed E-state index contributed by atoms with van der Waals surface area (Å²) in [7, 11) is 1.37. The van der Waals surface area contributed by atoms with E-state index in [9.17, 15) is 18.0 Å². The molecule has 39 heavy (non-hydrogen) atoms. The van der Waals surface area contributed by atoms with E-state index in [1.165, 1.54) is 30.6 Å². The third-order valence-corrected chi connectivity index (χ3v) is 10.5. The number of benzene rings is 1. The number of aromatic amines is 1. The third-order valence-electron chi connectivity index (χ3n) is 9.41. The maximum Gasteiger partial charge on any atom is 0.416 e. The van der Waals surface area contributed by atoms with Gasteiger partial charge in [-0.25, -0.2) is 9.78 Å². The molecule has 0 bridgehead atoms. The minimum absolute atomic E-state index is 0.123. The summed E-state index contributed by atoms with van der Waals surface area (Å²) in [5.41, 5.74) is 2.63. The summed E-state index contributed by atoms with van der Waals surface area (Å²) in [4.78, 5) is 22.7. The Morgan fingerprint density at radius 3 is 2.85 bits per heavy atom. The van der Waals surface area contributed by atoms with Crippen LogP contribution in [0.5, 0.6) is 0 Å². The molecule has 6 nitrogen and oxygen atoms in total. The average Bonchev–Trinajstić information content (AvgIpc) is 3.57. The van der Waals surface area contributed by atoms with Crippen molar-refractivity contribution in [1.29, 1.82) is 0 Å². The Labute approximate surface area is 229 Å². The Hall–Kier alpha value is -2.43. The van der Waals surface area contributed by atoms with Gasteiger partial charge >= 0.3 is 12.1 Å². The monoisotopic (exact) mass is 561 g/mol. The molecule has 2 saturated heterocycles. The molecule has 2 fully saturated rings. The summed E-state index contributed by atoms with van der Waals surface area (Å²) >= 11 is 1.53. The number of methoxy groups -OCH3 is 1. The Morgan fingerprint density at radius 2 is 2.10 bits per heavy atom. The van der Waals surface area contributed by atoms with E-state index in [-0.39, 0.29) is 11.3 Å². The number of esters is 1. The lowest BCUT2D eigenvalue weighted by Gasteiger charge is -2.45. The Morgan fingerprint density at radius 1 is 1.31 bits per heavy atom. The number of alkyl halides is 3. The first-order valence-electron chi connectivity index (χ1n) is 13.7. The van der Waals surface area contributed by atoms with Gasteiger partial charge in [-0.1, -0.05) is 6.92 Å². The first-order chi connectivity index (χ1) is 18.7. The summed E-state index contributed by atoms with van der Waals surface area (Å²) in [5, 5.41) is 3.49. The second-order valence-corrected chi connectivity index (χ2v) is 12.3. The van der Waals surface area contributed by atoms with E-state index in [1.54, 1.807) is 11.4 Å². The summed E-state index contributed by atoms with van der Waals surface area (Å²) in [6.45, 7) is 6.42. The van der Waals surface area contributed by atoms with E-state index < -0.39 is 17.7 Å². The van der Waals surface area contributed by atoms with E-state index >= 15 is 0 Å². The molecule has 0 spiro atoms. The number of ether oxygens (including phenoxy) is 2. The molecule has 0 amide bonds. The van der Waals surface area contributed by atoms with Gasteiger partial charge in [0.1, 0.15) is 0 Å². The SMILES string of the molecule is COC(=O)c1csc(C2(CCN3CC[C@@H]4Cc5[nH]c6ccc(C(F)(F)F)cc6c5[C@H](C)C4C3)CCOCC2)n1. The van der Waals surface area contributed by atoms with Crippen LogP contribution in [0.4, 0.5) is 13.2 Å². The zero-order valence-electron chi connectivity index (χ0n) is 22.3. The van der Waals surface area contributed by atoms with Crippen LogP contribution in [-0.2, 0) is 27.5 Å². The van der Waals surface area contributed by atoms with Crippen molar-refractivity contribution in [2.24, 2.45) is 11.8 Å². The van der Waals surface area contributed by atoms with Crippen LogP contribution in [0.3, 0.4) is 0 Å². The van der Waals surface area contributed by atoms with Gasteiger partial charge in [0.05, 0.1) is 17.7 Å². The van der Waals surface area contributed by atoms with Gasteiger partial charge in [0.15, 0.2) is 5.69 Å². The van der Waals surface area contributed by atoms with Crippen LogP contribution in [0.15, 0.2) is 23.6 Å². The summed E-state index contributed by atoms with van der Waals surface area (Å²) < 4.78 is 51.0. The maximum absolute atomic E-state index is 13.5. The fraction of sp³-hybridized carbons (Fsp3) is 0.586. The minimum atomic E-state index is -4.35. The number of halogens is 3. The lowest BCUT2D eigenvalue weighted by molar-refractivity contribution is -0.137. The number of fused-ring (bicyclic) bond motifs is 4. The van der Waals surface area contributed by atoms with Crippen molar-refractivity contribution in [2.45, 2.75) is 56.5 Å². The molecule has 3 aromatic rings. The zero-order chi connectivity index (χ0) is 27.4. The smallest absolute Gasteiger partial charge is 0.416 e. The number of thiazole rings is 1. The average molecular weight is 562 g/mol. The van der Waals surface area contributed by atoms with Crippen LogP contribution >= 0.6 is 11.3 Å². The first-order valence-corrected chi connectivity index (χ1v) is 14.6. The Balaban J connectivity index is 1.20. The lowest BCUT2D eigenvalue weighted by Crippen LogP contribution is -2.47. The Bertz CT molecular complexity index is 1360.